The second-order valence-corrected chi connectivity index (χ2v) is 6.80. The summed E-state index contributed by atoms with van der Waals surface area (Å²) in [5.41, 5.74) is 1.69. The fraction of sp³-hybridized carbons (Fsp3) is 0.250. The van der Waals surface area contributed by atoms with Gasteiger partial charge < -0.3 is 10.4 Å². The molecule has 4 nitrogen and oxygen atoms in total. The first-order valence-corrected chi connectivity index (χ1v) is 7.34. The highest BCUT2D eigenvalue weighted by Crippen LogP contribution is 2.30. The van der Waals surface area contributed by atoms with Crippen molar-refractivity contribution in [3.63, 3.8) is 0 Å². The van der Waals surface area contributed by atoms with E-state index in [2.05, 4.69) is 26.1 Å². The number of rotatable bonds is 3. The lowest BCUT2D eigenvalue weighted by Crippen LogP contribution is -2.18. The predicted molar refractivity (Wildman–Crippen MR) is 84.4 cm³/mol. The molecule has 2 aromatic rings. The highest BCUT2D eigenvalue weighted by molar-refractivity contribution is 7.15. The lowest BCUT2D eigenvalue weighted by atomic mass is 9.86. The molecule has 0 fully saturated rings. The van der Waals surface area contributed by atoms with E-state index in [1.54, 1.807) is 0 Å². The van der Waals surface area contributed by atoms with Crippen LogP contribution in [-0.2, 0) is 5.41 Å². The van der Waals surface area contributed by atoms with Gasteiger partial charge in [-0.25, -0.2) is 4.79 Å². The maximum absolute atomic E-state index is 12.2. The Morgan fingerprint density at radius 3 is 2.24 bits per heavy atom. The molecule has 110 valence electrons. The molecule has 0 saturated heterocycles. The average molecular weight is 303 g/mol. The number of carbonyl (C=O) groups is 2. The van der Waals surface area contributed by atoms with Gasteiger partial charge in [0.15, 0.2) is 0 Å². The van der Waals surface area contributed by atoms with Crippen LogP contribution < -0.4 is 5.32 Å². The number of carboxylic acids is 1. The summed E-state index contributed by atoms with van der Waals surface area (Å²) in [6.07, 6.45) is 0. The Morgan fingerprint density at radius 1 is 1.05 bits per heavy atom. The molecule has 0 bridgehead atoms. The van der Waals surface area contributed by atoms with Crippen LogP contribution in [-0.4, -0.2) is 17.0 Å². The monoisotopic (exact) mass is 303 g/mol. The number of carboxylic acid groups (broad SMARTS) is 1. The van der Waals surface area contributed by atoms with E-state index in [-0.39, 0.29) is 16.2 Å². The molecule has 1 amide bonds. The number of amides is 1. The van der Waals surface area contributed by atoms with Crippen molar-refractivity contribution in [3.05, 3.63) is 51.7 Å². The van der Waals surface area contributed by atoms with Crippen LogP contribution in [0.5, 0.6) is 0 Å². The Bertz CT molecular complexity index is 683. The molecular weight excluding hydrogens is 286 g/mol. The molecule has 5 heteroatoms. The van der Waals surface area contributed by atoms with E-state index in [4.69, 9.17) is 5.11 Å². The van der Waals surface area contributed by atoms with Gasteiger partial charge in [-0.15, -0.1) is 11.3 Å². The Labute approximate surface area is 127 Å². The fourth-order valence-corrected chi connectivity index (χ4v) is 2.75. The van der Waals surface area contributed by atoms with E-state index in [0.29, 0.717) is 4.88 Å². The standard InChI is InChI=1S/C16H17NO3S/c1-16(2,3)10-6-4-5-7-11(10)17-14(18)12-8-9-13(21-12)15(19)20/h4-9H,1-3H3,(H,17,18)(H,19,20). The van der Waals surface area contributed by atoms with Gasteiger partial charge in [0.1, 0.15) is 4.88 Å². The summed E-state index contributed by atoms with van der Waals surface area (Å²) in [4.78, 5) is 23.6. The van der Waals surface area contributed by atoms with Gasteiger partial charge in [-0.3, -0.25) is 4.79 Å². The van der Waals surface area contributed by atoms with Crippen molar-refractivity contribution in [2.24, 2.45) is 0 Å². The minimum absolute atomic E-state index is 0.0917. The lowest BCUT2D eigenvalue weighted by molar-refractivity contribution is 0.0702. The van der Waals surface area contributed by atoms with Crippen LogP contribution in [0.4, 0.5) is 5.69 Å². The van der Waals surface area contributed by atoms with Gasteiger partial charge in [-0.05, 0) is 29.2 Å². The fourth-order valence-electron chi connectivity index (χ4n) is 2.00. The molecule has 0 unspecified atom stereocenters. The van der Waals surface area contributed by atoms with Crippen molar-refractivity contribution in [2.45, 2.75) is 26.2 Å². The van der Waals surface area contributed by atoms with Gasteiger partial charge in [0.25, 0.3) is 5.91 Å². The molecule has 0 radical (unpaired) electrons. The normalized spacial score (nSPS) is 11.2. The minimum Gasteiger partial charge on any atom is -0.477 e. The summed E-state index contributed by atoms with van der Waals surface area (Å²) in [6.45, 7) is 6.23. The van der Waals surface area contributed by atoms with Gasteiger partial charge in [0.2, 0.25) is 0 Å². The smallest absolute Gasteiger partial charge is 0.345 e. The van der Waals surface area contributed by atoms with Gasteiger partial charge in [-0.1, -0.05) is 39.0 Å². The first kappa shape index (κ1) is 15.3. The molecule has 2 N–H and O–H groups in total. The molecular formula is C16H17NO3S. The maximum atomic E-state index is 12.2. The second kappa shape index (κ2) is 5.69. The third kappa shape index (κ3) is 3.49. The molecule has 0 aliphatic heterocycles. The van der Waals surface area contributed by atoms with Crippen molar-refractivity contribution in [3.8, 4) is 0 Å². The number of aromatic carboxylic acids is 1. The van der Waals surface area contributed by atoms with Crippen molar-refractivity contribution >= 4 is 28.9 Å². The molecule has 2 rings (SSSR count). The zero-order valence-electron chi connectivity index (χ0n) is 12.1. The number of para-hydroxylation sites is 1. The zero-order valence-corrected chi connectivity index (χ0v) is 13.0. The number of benzene rings is 1. The lowest BCUT2D eigenvalue weighted by Gasteiger charge is -2.22. The summed E-state index contributed by atoms with van der Waals surface area (Å²) in [5, 5.41) is 11.8. The summed E-state index contributed by atoms with van der Waals surface area (Å²) in [5.74, 6) is -1.31. The van der Waals surface area contributed by atoms with E-state index >= 15 is 0 Å². The SMILES string of the molecule is CC(C)(C)c1ccccc1NC(=O)c1ccc(C(=O)O)s1. The first-order valence-electron chi connectivity index (χ1n) is 6.53. The Hall–Kier alpha value is -2.14. The van der Waals surface area contributed by atoms with Crippen molar-refractivity contribution < 1.29 is 14.7 Å². The van der Waals surface area contributed by atoms with E-state index in [1.807, 2.05) is 24.3 Å². The van der Waals surface area contributed by atoms with Gasteiger partial charge in [0.05, 0.1) is 4.88 Å². The quantitative estimate of drug-likeness (QED) is 0.900. The van der Waals surface area contributed by atoms with Crippen LogP contribution in [0.25, 0.3) is 0 Å². The Balaban J connectivity index is 2.25. The molecule has 0 atom stereocenters. The van der Waals surface area contributed by atoms with E-state index in [9.17, 15) is 9.59 Å². The average Bonchev–Trinajstić information content (AvgIpc) is 2.88. The van der Waals surface area contributed by atoms with E-state index in [1.165, 1.54) is 12.1 Å². The largest absolute Gasteiger partial charge is 0.477 e. The molecule has 21 heavy (non-hydrogen) atoms. The number of hydrogen-bond donors (Lipinski definition) is 2. The van der Waals surface area contributed by atoms with Crippen molar-refractivity contribution in [1.82, 2.24) is 0 Å². The molecule has 0 aliphatic carbocycles. The molecule has 0 saturated carbocycles. The number of carbonyl (C=O) groups excluding carboxylic acids is 1. The van der Waals surface area contributed by atoms with Crippen LogP contribution in [0.2, 0.25) is 0 Å². The maximum Gasteiger partial charge on any atom is 0.345 e. The minimum atomic E-state index is -1.02. The van der Waals surface area contributed by atoms with Crippen LogP contribution >= 0.6 is 11.3 Å². The molecule has 1 aromatic heterocycles. The first-order chi connectivity index (χ1) is 9.79. The molecule has 0 spiro atoms. The highest BCUT2D eigenvalue weighted by Gasteiger charge is 2.20. The van der Waals surface area contributed by atoms with Gasteiger partial charge in [-0.2, -0.15) is 0 Å². The van der Waals surface area contributed by atoms with Crippen LogP contribution in [0, 0.1) is 0 Å². The summed E-state index contributed by atoms with van der Waals surface area (Å²) < 4.78 is 0. The topological polar surface area (TPSA) is 66.4 Å². The van der Waals surface area contributed by atoms with Crippen molar-refractivity contribution in [2.75, 3.05) is 5.32 Å². The van der Waals surface area contributed by atoms with Crippen molar-refractivity contribution in [1.29, 1.82) is 0 Å². The Kier molecular flexibility index (Phi) is 4.14. The van der Waals surface area contributed by atoms with Crippen LogP contribution in [0.3, 0.4) is 0 Å². The number of hydrogen-bond acceptors (Lipinski definition) is 3. The molecule has 1 heterocycles. The molecule has 0 aliphatic rings. The second-order valence-electron chi connectivity index (χ2n) is 5.72. The predicted octanol–water partition coefficient (Wildman–Crippen LogP) is 4.00. The highest BCUT2D eigenvalue weighted by atomic mass is 32.1. The van der Waals surface area contributed by atoms with Gasteiger partial charge in [0, 0.05) is 5.69 Å². The van der Waals surface area contributed by atoms with Crippen LogP contribution in [0.15, 0.2) is 36.4 Å². The van der Waals surface area contributed by atoms with E-state index in [0.717, 1.165) is 22.6 Å². The summed E-state index contributed by atoms with van der Waals surface area (Å²) in [7, 11) is 0. The van der Waals surface area contributed by atoms with E-state index < -0.39 is 5.97 Å². The summed E-state index contributed by atoms with van der Waals surface area (Å²) in [6, 6.07) is 10.6. The van der Waals surface area contributed by atoms with Gasteiger partial charge >= 0.3 is 5.97 Å². The zero-order chi connectivity index (χ0) is 15.6. The number of nitrogens with one attached hydrogen (secondary N) is 1. The van der Waals surface area contributed by atoms with Crippen LogP contribution in [0.1, 0.15) is 45.7 Å². The summed E-state index contributed by atoms with van der Waals surface area (Å²) >= 11 is 0.970. The number of anilines is 1. The molecule has 1 aromatic carbocycles. The third-order valence-corrected chi connectivity index (χ3v) is 4.10. The Morgan fingerprint density at radius 2 is 1.67 bits per heavy atom. The number of thiophene rings is 1. The third-order valence-electron chi connectivity index (χ3n) is 3.02.